The SMILES string of the molecule is N#C/C(=C\c1c(-c2ccccc2)nc2sccn12)c1nc2ccccc2[nH]1. The zero-order valence-corrected chi connectivity index (χ0v) is 14.9. The Hall–Kier alpha value is -3.69. The number of hydrogen-bond donors (Lipinski definition) is 1. The van der Waals surface area contributed by atoms with Crippen LogP contribution in [-0.4, -0.2) is 19.4 Å². The molecule has 27 heavy (non-hydrogen) atoms. The molecule has 3 aromatic heterocycles. The summed E-state index contributed by atoms with van der Waals surface area (Å²) < 4.78 is 2.01. The highest BCUT2D eigenvalue weighted by atomic mass is 32.1. The Morgan fingerprint density at radius 3 is 2.70 bits per heavy atom. The second-order valence-corrected chi connectivity index (χ2v) is 6.91. The molecule has 0 saturated carbocycles. The Kier molecular flexibility index (Phi) is 3.59. The first-order chi connectivity index (χ1) is 13.3. The minimum absolute atomic E-state index is 0.469. The van der Waals surface area contributed by atoms with Gasteiger partial charge in [0, 0.05) is 17.1 Å². The van der Waals surface area contributed by atoms with Gasteiger partial charge in [0.1, 0.15) is 11.9 Å². The van der Waals surface area contributed by atoms with E-state index in [0.717, 1.165) is 32.9 Å². The number of imidazole rings is 2. The molecule has 0 fully saturated rings. The van der Waals surface area contributed by atoms with E-state index in [-0.39, 0.29) is 0 Å². The van der Waals surface area contributed by atoms with Crippen molar-refractivity contribution >= 4 is 39.0 Å². The Bertz CT molecular complexity index is 1300. The number of allylic oxidation sites excluding steroid dienone is 1. The Morgan fingerprint density at radius 2 is 1.89 bits per heavy atom. The number of fused-ring (bicyclic) bond motifs is 2. The number of aromatic nitrogens is 4. The van der Waals surface area contributed by atoms with Gasteiger partial charge in [0.05, 0.1) is 28.0 Å². The second-order valence-electron chi connectivity index (χ2n) is 6.04. The van der Waals surface area contributed by atoms with Gasteiger partial charge in [-0.3, -0.25) is 4.40 Å². The van der Waals surface area contributed by atoms with Crippen molar-refractivity contribution in [2.75, 3.05) is 0 Å². The van der Waals surface area contributed by atoms with Crippen molar-refractivity contribution in [2.24, 2.45) is 0 Å². The van der Waals surface area contributed by atoms with Crippen LogP contribution in [0.1, 0.15) is 11.5 Å². The fraction of sp³-hybridized carbons (Fsp3) is 0. The van der Waals surface area contributed by atoms with E-state index in [0.29, 0.717) is 11.4 Å². The van der Waals surface area contributed by atoms with Crippen LogP contribution in [0.2, 0.25) is 0 Å². The number of nitrogens with one attached hydrogen (secondary N) is 1. The fourth-order valence-electron chi connectivity index (χ4n) is 3.12. The van der Waals surface area contributed by atoms with Gasteiger partial charge in [0.2, 0.25) is 0 Å². The summed E-state index contributed by atoms with van der Waals surface area (Å²) in [6.45, 7) is 0. The van der Waals surface area contributed by atoms with Gasteiger partial charge in [0.25, 0.3) is 0 Å². The number of rotatable bonds is 3. The molecule has 6 heteroatoms. The van der Waals surface area contributed by atoms with E-state index in [2.05, 4.69) is 16.0 Å². The molecule has 1 N–H and O–H groups in total. The molecule has 0 saturated heterocycles. The predicted molar refractivity (Wildman–Crippen MR) is 108 cm³/mol. The van der Waals surface area contributed by atoms with Crippen LogP contribution in [0, 0.1) is 11.3 Å². The maximum atomic E-state index is 9.78. The standard InChI is InChI=1S/C21H13N5S/c22-13-15(20-23-16-8-4-5-9-17(16)24-20)12-18-19(14-6-2-1-3-7-14)25-21-26(18)10-11-27-21/h1-12H,(H,23,24)/b15-12+. The highest BCUT2D eigenvalue weighted by Gasteiger charge is 2.16. The quantitative estimate of drug-likeness (QED) is 0.456. The number of hydrogen-bond acceptors (Lipinski definition) is 4. The zero-order chi connectivity index (χ0) is 18.2. The number of benzene rings is 2. The molecule has 0 aliphatic carbocycles. The minimum atomic E-state index is 0.469. The molecule has 0 unspecified atom stereocenters. The highest BCUT2D eigenvalue weighted by molar-refractivity contribution is 7.15. The van der Waals surface area contributed by atoms with E-state index in [9.17, 15) is 5.26 Å². The molecular weight excluding hydrogens is 354 g/mol. The van der Waals surface area contributed by atoms with Crippen LogP contribution in [0.25, 0.3) is 38.9 Å². The summed E-state index contributed by atoms with van der Waals surface area (Å²) in [6.07, 6.45) is 3.83. The largest absolute Gasteiger partial charge is 0.337 e. The monoisotopic (exact) mass is 367 g/mol. The van der Waals surface area contributed by atoms with E-state index in [1.807, 2.05) is 76.7 Å². The first-order valence-corrected chi connectivity index (χ1v) is 9.29. The van der Waals surface area contributed by atoms with Gasteiger partial charge in [-0.05, 0) is 18.2 Å². The third-order valence-corrected chi connectivity index (χ3v) is 5.15. The summed E-state index contributed by atoms with van der Waals surface area (Å²) in [4.78, 5) is 13.4. The van der Waals surface area contributed by atoms with Crippen molar-refractivity contribution in [1.29, 1.82) is 5.26 Å². The fourth-order valence-corrected chi connectivity index (χ4v) is 3.84. The molecule has 5 rings (SSSR count). The highest BCUT2D eigenvalue weighted by Crippen LogP contribution is 2.29. The maximum Gasteiger partial charge on any atom is 0.194 e. The predicted octanol–water partition coefficient (Wildman–Crippen LogP) is 5.00. The van der Waals surface area contributed by atoms with Gasteiger partial charge in [-0.1, -0.05) is 42.5 Å². The van der Waals surface area contributed by atoms with Crippen molar-refractivity contribution in [3.05, 3.63) is 77.7 Å². The number of thiazole rings is 1. The third kappa shape index (κ3) is 2.62. The van der Waals surface area contributed by atoms with Crippen LogP contribution in [0.15, 0.2) is 66.2 Å². The molecule has 128 valence electrons. The lowest BCUT2D eigenvalue weighted by Crippen LogP contribution is -1.90. The molecule has 0 atom stereocenters. The van der Waals surface area contributed by atoms with Crippen molar-refractivity contribution in [2.45, 2.75) is 0 Å². The van der Waals surface area contributed by atoms with E-state index >= 15 is 0 Å². The summed E-state index contributed by atoms with van der Waals surface area (Å²) in [5.41, 5.74) is 4.95. The van der Waals surface area contributed by atoms with E-state index in [1.165, 1.54) is 0 Å². The van der Waals surface area contributed by atoms with E-state index in [1.54, 1.807) is 11.3 Å². The average molecular weight is 367 g/mol. The smallest absolute Gasteiger partial charge is 0.194 e. The van der Waals surface area contributed by atoms with Crippen molar-refractivity contribution in [1.82, 2.24) is 19.4 Å². The Balaban J connectivity index is 1.72. The lowest BCUT2D eigenvalue weighted by Gasteiger charge is -2.01. The van der Waals surface area contributed by atoms with Gasteiger partial charge in [0.15, 0.2) is 4.96 Å². The summed E-state index contributed by atoms with van der Waals surface area (Å²) in [7, 11) is 0. The summed E-state index contributed by atoms with van der Waals surface area (Å²) >= 11 is 1.57. The van der Waals surface area contributed by atoms with Crippen LogP contribution >= 0.6 is 11.3 Å². The molecule has 0 bridgehead atoms. The van der Waals surface area contributed by atoms with Crippen LogP contribution < -0.4 is 0 Å². The molecular formula is C21H13N5S. The number of nitriles is 1. The molecule has 0 spiro atoms. The van der Waals surface area contributed by atoms with Gasteiger partial charge in [-0.25, -0.2) is 9.97 Å². The summed E-state index contributed by atoms with van der Waals surface area (Å²) in [5.74, 6) is 0.558. The molecule has 2 aromatic carbocycles. The molecule has 0 aliphatic heterocycles. The molecule has 0 amide bonds. The average Bonchev–Trinajstić information content (AvgIpc) is 3.41. The van der Waals surface area contributed by atoms with Gasteiger partial charge in [-0.2, -0.15) is 5.26 Å². The third-order valence-electron chi connectivity index (χ3n) is 4.39. The molecule has 5 aromatic rings. The van der Waals surface area contributed by atoms with Crippen LogP contribution in [-0.2, 0) is 0 Å². The first kappa shape index (κ1) is 15.6. The Labute approximate surface area is 158 Å². The first-order valence-electron chi connectivity index (χ1n) is 8.41. The van der Waals surface area contributed by atoms with E-state index in [4.69, 9.17) is 4.98 Å². The normalized spacial score (nSPS) is 11.9. The topological polar surface area (TPSA) is 69.8 Å². The lowest BCUT2D eigenvalue weighted by atomic mass is 10.1. The van der Waals surface area contributed by atoms with Gasteiger partial charge >= 0.3 is 0 Å². The minimum Gasteiger partial charge on any atom is -0.337 e. The lowest BCUT2D eigenvalue weighted by molar-refractivity contribution is 1.21. The van der Waals surface area contributed by atoms with Crippen LogP contribution in [0.5, 0.6) is 0 Å². The zero-order valence-electron chi connectivity index (χ0n) is 14.1. The number of H-pyrrole nitrogens is 1. The van der Waals surface area contributed by atoms with Crippen molar-refractivity contribution in [3.8, 4) is 17.3 Å². The second kappa shape index (κ2) is 6.24. The van der Waals surface area contributed by atoms with Crippen molar-refractivity contribution in [3.63, 3.8) is 0 Å². The van der Waals surface area contributed by atoms with E-state index < -0.39 is 0 Å². The maximum absolute atomic E-state index is 9.78. The van der Waals surface area contributed by atoms with Gasteiger partial charge in [-0.15, -0.1) is 11.3 Å². The summed E-state index contributed by atoms with van der Waals surface area (Å²) in [5, 5.41) is 11.8. The number of para-hydroxylation sites is 2. The molecule has 0 aliphatic rings. The number of aromatic amines is 1. The summed E-state index contributed by atoms with van der Waals surface area (Å²) in [6, 6.07) is 20.0. The van der Waals surface area contributed by atoms with Crippen molar-refractivity contribution < 1.29 is 0 Å². The van der Waals surface area contributed by atoms with Crippen LogP contribution in [0.4, 0.5) is 0 Å². The number of nitrogens with zero attached hydrogens (tertiary/aromatic N) is 4. The van der Waals surface area contributed by atoms with Crippen LogP contribution in [0.3, 0.4) is 0 Å². The molecule has 5 nitrogen and oxygen atoms in total. The van der Waals surface area contributed by atoms with Gasteiger partial charge < -0.3 is 4.98 Å². The molecule has 0 radical (unpaired) electrons. The molecule has 3 heterocycles. The Morgan fingerprint density at radius 1 is 1.07 bits per heavy atom.